The van der Waals surface area contributed by atoms with Gasteiger partial charge in [-0.15, -0.1) is 0 Å². The molecular weight excluding hydrogens is 354 g/mol. The van der Waals surface area contributed by atoms with E-state index < -0.39 is 12.1 Å². The summed E-state index contributed by atoms with van der Waals surface area (Å²) in [6, 6.07) is 13.2. The predicted octanol–water partition coefficient (Wildman–Crippen LogP) is 3.62. The number of aliphatic hydroxyl groups excluding tert-OH is 1. The minimum absolute atomic E-state index is 0.0746. The van der Waals surface area contributed by atoms with E-state index in [0.29, 0.717) is 36.5 Å². The van der Waals surface area contributed by atoms with Crippen LogP contribution in [0.3, 0.4) is 0 Å². The summed E-state index contributed by atoms with van der Waals surface area (Å²) in [4.78, 5) is 25.4. The van der Waals surface area contributed by atoms with E-state index in [2.05, 4.69) is 0 Å². The molecule has 1 aliphatic rings. The number of nitrogens with zero attached hydrogens (tertiary/aromatic N) is 1. The average molecular weight is 374 g/mol. The standard InChI is InChI=1S/C20H20ClNO4/c21-17-6-4-13(5-7-17)18(23)14-8-10-22(11-9-14)19(24)15-2-1-3-16(12-15)20(25)26/h1-7,12,14,18,23H,8-11H2,(H,25,26)/t18-/m1/s1. The van der Waals surface area contributed by atoms with Gasteiger partial charge in [-0.1, -0.05) is 29.8 Å². The van der Waals surface area contributed by atoms with Gasteiger partial charge >= 0.3 is 5.97 Å². The molecule has 1 fully saturated rings. The van der Waals surface area contributed by atoms with Crippen molar-refractivity contribution in [2.24, 2.45) is 5.92 Å². The first kappa shape index (κ1) is 18.4. The van der Waals surface area contributed by atoms with Crippen LogP contribution in [0.15, 0.2) is 48.5 Å². The summed E-state index contributed by atoms with van der Waals surface area (Å²) in [6.45, 7) is 1.07. The Labute approximate surface area is 156 Å². The third-order valence-corrected chi connectivity index (χ3v) is 5.09. The van der Waals surface area contributed by atoms with Gasteiger partial charge in [0.1, 0.15) is 0 Å². The number of amides is 1. The molecule has 26 heavy (non-hydrogen) atoms. The SMILES string of the molecule is O=C(O)c1cccc(C(=O)N2CCC([C@H](O)c3ccc(Cl)cc3)CC2)c1. The number of carbonyl (C=O) groups excluding carboxylic acids is 1. The number of carboxylic acid groups (broad SMARTS) is 1. The minimum atomic E-state index is -1.05. The summed E-state index contributed by atoms with van der Waals surface area (Å²) in [7, 11) is 0. The van der Waals surface area contributed by atoms with Crippen molar-refractivity contribution in [3.63, 3.8) is 0 Å². The van der Waals surface area contributed by atoms with Crippen molar-refractivity contribution in [2.45, 2.75) is 18.9 Å². The van der Waals surface area contributed by atoms with Crippen molar-refractivity contribution < 1.29 is 19.8 Å². The smallest absolute Gasteiger partial charge is 0.335 e. The largest absolute Gasteiger partial charge is 0.478 e. The molecule has 1 atom stereocenters. The number of rotatable bonds is 4. The van der Waals surface area contributed by atoms with Crippen LogP contribution >= 0.6 is 11.6 Å². The lowest BCUT2D eigenvalue weighted by molar-refractivity contribution is 0.0462. The van der Waals surface area contributed by atoms with Crippen molar-refractivity contribution in [2.75, 3.05) is 13.1 Å². The number of aliphatic hydroxyl groups is 1. The molecule has 136 valence electrons. The fraction of sp³-hybridized carbons (Fsp3) is 0.300. The Morgan fingerprint density at radius 3 is 2.27 bits per heavy atom. The minimum Gasteiger partial charge on any atom is -0.478 e. The Morgan fingerprint density at radius 2 is 1.65 bits per heavy atom. The molecule has 2 aromatic rings. The lowest BCUT2D eigenvalue weighted by atomic mass is 9.87. The van der Waals surface area contributed by atoms with Crippen LogP contribution in [0.4, 0.5) is 0 Å². The molecule has 0 saturated carbocycles. The van der Waals surface area contributed by atoms with Crippen molar-refractivity contribution in [1.82, 2.24) is 4.90 Å². The lowest BCUT2D eigenvalue weighted by Crippen LogP contribution is -2.39. The number of aromatic carboxylic acids is 1. The number of benzene rings is 2. The van der Waals surface area contributed by atoms with Gasteiger partial charge in [0.05, 0.1) is 11.7 Å². The molecule has 1 aliphatic heterocycles. The number of hydrogen-bond acceptors (Lipinski definition) is 3. The number of halogens is 1. The fourth-order valence-electron chi connectivity index (χ4n) is 3.32. The molecule has 3 rings (SSSR count). The molecule has 1 amide bonds. The number of hydrogen-bond donors (Lipinski definition) is 2. The van der Waals surface area contributed by atoms with Crippen LogP contribution < -0.4 is 0 Å². The highest BCUT2D eigenvalue weighted by Crippen LogP contribution is 2.31. The van der Waals surface area contributed by atoms with Crippen LogP contribution in [0.5, 0.6) is 0 Å². The topological polar surface area (TPSA) is 77.8 Å². The van der Waals surface area contributed by atoms with Crippen LogP contribution in [0, 0.1) is 5.92 Å². The molecule has 2 aromatic carbocycles. The fourth-order valence-corrected chi connectivity index (χ4v) is 3.44. The van der Waals surface area contributed by atoms with Gasteiger partial charge in [-0.25, -0.2) is 4.79 Å². The van der Waals surface area contributed by atoms with Crippen molar-refractivity contribution in [3.8, 4) is 0 Å². The summed E-state index contributed by atoms with van der Waals surface area (Å²) >= 11 is 5.88. The van der Waals surface area contributed by atoms with Crippen LogP contribution in [0.2, 0.25) is 5.02 Å². The highest BCUT2D eigenvalue weighted by molar-refractivity contribution is 6.30. The van der Waals surface area contributed by atoms with E-state index in [1.54, 1.807) is 29.2 Å². The summed E-state index contributed by atoms with van der Waals surface area (Å²) in [5.41, 5.74) is 1.30. The maximum absolute atomic E-state index is 12.6. The third kappa shape index (κ3) is 4.06. The summed E-state index contributed by atoms with van der Waals surface area (Å²) < 4.78 is 0. The van der Waals surface area contributed by atoms with E-state index in [-0.39, 0.29) is 17.4 Å². The molecule has 2 N–H and O–H groups in total. The van der Waals surface area contributed by atoms with E-state index in [0.717, 1.165) is 5.56 Å². The van der Waals surface area contributed by atoms with Gasteiger partial charge in [-0.05, 0) is 54.7 Å². The van der Waals surface area contributed by atoms with Gasteiger partial charge in [0.15, 0.2) is 0 Å². The van der Waals surface area contributed by atoms with Gasteiger partial charge in [-0.2, -0.15) is 0 Å². The maximum Gasteiger partial charge on any atom is 0.335 e. The monoisotopic (exact) mass is 373 g/mol. The van der Waals surface area contributed by atoms with Gasteiger partial charge in [0.25, 0.3) is 5.91 Å². The van der Waals surface area contributed by atoms with Crippen LogP contribution in [0.25, 0.3) is 0 Å². The molecule has 0 unspecified atom stereocenters. The van der Waals surface area contributed by atoms with Gasteiger partial charge in [-0.3, -0.25) is 4.79 Å². The van der Waals surface area contributed by atoms with Crippen molar-refractivity contribution >= 4 is 23.5 Å². The van der Waals surface area contributed by atoms with E-state index >= 15 is 0 Å². The van der Waals surface area contributed by atoms with Gasteiger partial charge in [0, 0.05) is 23.7 Å². The molecule has 0 aromatic heterocycles. The van der Waals surface area contributed by atoms with Crippen molar-refractivity contribution in [1.29, 1.82) is 0 Å². The van der Waals surface area contributed by atoms with Crippen LogP contribution in [0.1, 0.15) is 45.2 Å². The molecular formula is C20H20ClNO4. The Morgan fingerprint density at radius 1 is 1.04 bits per heavy atom. The predicted molar refractivity (Wildman–Crippen MR) is 98.4 cm³/mol. The second-order valence-electron chi connectivity index (χ2n) is 6.51. The molecule has 6 heteroatoms. The molecule has 0 spiro atoms. The zero-order valence-electron chi connectivity index (χ0n) is 14.1. The van der Waals surface area contributed by atoms with Crippen LogP contribution in [-0.4, -0.2) is 40.1 Å². The molecule has 0 radical (unpaired) electrons. The summed E-state index contributed by atoms with van der Waals surface area (Å²) in [5.74, 6) is -1.15. The molecule has 5 nitrogen and oxygen atoms in total. The number of piperidine rings is 1. The quantitative estimate of drug-likeness (QED) is 0.857. The van der Waals surface area contributed by atoms with E-state index in [9.17, 15) is 14.7 Å². The molecule has 0 bridgehead atoms. The molecule has 1 saturated heterocycles. The van der Waals surface area contributed by atoms with Gasteiger partial charge in [0.2, 0.25) is 0 Å². The van der Waals surface area contributed by atoms with Crippen molar-refractivity contribution in [3.05, 3.63) is 70.2 Å². The highest BCUT2D eigenvalue weighted by Gasteiger charge is 2.28. The van der Waals surface area contributed by atoms with E-state index in [4.69, 9.17) is 16.7 Å². The number of carbonyl (C=O) groups is 2. The van der Waals surface area contributed by atoms with E-state index in [1.807, 2.05) is 12.1 Å². The second kappa shape index (κ2) is 7.89. The highest BCUT2D eigenvalue weighted by atomic mass is 35.5. The zero-order valence-corrected chi connectivity index (χ0v) is 14.9. The van der Waals surface area contributed by atoms with E-state index in [1.165, 1.54) is 12.1 Å². The lowest BCUT2D eigenvalue weighted by Gasteiger charge is -2.34. The molecule has 0 aliphatic carbocycles. The normalized spacial score (nSPS) is 16.3. The maximum atomic E-state index is 12.6. The van der Waals surface area contributed by atoms with Crippen LogP contribution in [-0.2, 0) is 0 Å². The number of likely N-dealkylation sites (tertiary alicyclic amines) is 1. The molecule has 1 heterocycles. The first-order valence-electron chi connectivity index (χ1n) is 8.52. The summed E-state index contributed by atoms with van der Waals surface area (Å²) in [5, 5.41) is 20.3. The Hall–Kier alpha value is -2.37. The Bertz CT molecular complexity index is 798. The Kier molecular flexibility index (Phi) is 5.59. The first-order chi connectivity index (χ1) is 12.5. The number of carboxylic acids is 1. The van der Waals surface area contributed by atoms with Gasteiger partial charge < -0.3 is 15.1 Å². The average Bonchev–Trinajstić information content (AvgIpc) is 2.67. The first-order valence-corrected chi connectivity index (χ1v) is 8.89. The summed E-state index contributed by atoms with van der Waals surface area (Å²) in [6.07, 6.45) is 0.794. The Balaban J connectivity index is 1.62. The second-order valence-corrected chi connectivity index (χ2v) is 6.95. The zero-order chi connectivity index (χ0) is 18.7. The third-order valence-electron chi connectivity index (χ3n) is 4.84.